The Balaban J connectivity index is 1.83. The molecule has 0 unspecified atom stereocenters. The molecule has 0 aliphatic rings. The van der Waals surface area contributed by atoms with E-state index in [1.807, 2.05) is 32.0 Å². The molecule has 0 aliphatic carbocycles. The third kappa shape index (κ3) is 3.43. The van der Waals surface area contributed by atoms with Gasteiger partial charge >= 0.3 is 0 Å². The van der Waals surface area contributed by atoms with E-state index in [1.54, 1.807) is 18.3 Å². The SMILES string of the molecule is CC(C)NC(=O)c1ccc(Nc2nc(Cl)nc3[nH]ccc23)cc1. The molecule has 0 atom stereocenters. The van der Waals surface area contributed by atoms with Gasteiger partial charge in [0.25, 0.3) is 5.91 Å². The summed E-state index contributed by atoms with van der Waals surface area (Å²) in [5, 5.41) is 7.05. The fraction of sp³-hybridized carbons (Fsp3) is 0.188. The summed E-state index contributed by atoms with van der Waals surface area (Å²) in [6.45, 7) is 3.85. The van der Waals surface area contributed by atoms with E-state index in [9.17, 15) is 4.79 Å². The number of carbonyl (C=O) groups is 1. The third-order valence-corrected chi connectivity index (χ3v) is 3.39. The molecule has 0 saturated heterocycles. The molecule has 2 heterocycles. The number of nitrogens with zero attached hydrogens (tertiary/aromatic N) is 2. The van der Waals surface area contributed by atoms with Gasteiger partial charge < -0.3 is 15.6 Å². The smallest absolute Gasteiger partial charge is 0.251 e. The Hall–Kier alpha value is -2.60. The molecule has 0 fully saturated rings. The minimum absolute atomic E-state index is 0.0929. The fourth-order valence-corrected chi connectivity index (χ4v) is 2.37. The van der Waals surface area contributed by atoms with Crippen molar-refractivity contribution in [3.63, 3.8) is 0 Å². The Morgan fingerprint density at radius 3 is 2.61 bits per heavy atom. The molecule has 7 heteroatoms. The summed E-state index contributed by atoms with van der Waals surface area (Å²) in [5.41, 5.74) is 2.08. The number of anilines is 2. The molecule has 0 spiro atoms. The van der Waals surface area contributed by atoms with Gasteiger partial charge in [0, 0.05) is 23.5 Å². The number of carbonyl (C=O) groups excluding carboxylic acids is 1. The predicted octanol–water partition coefficient (Wildman–Crippen LogP) is 3.49. The van der Waals surface area contributed by atoms with Gasteiger partial charge in [-0.1, -0.05) is 0 Å². The van der Waals surface area contributed by atoms with E-state index in [1.165, 1.54) is 0 Å². The third-order valence-electron chi connectivity index (χ3n) is 3.22. The number of halogens is 1. The molecule has 0 bridgehead atoms. The number of amides is 1. The van der Waals surface area contributed by atoms with Crippen LogP contribution in [0, 0.1) is 0 Å². The summed E-state index contributed by atoms with van der Waals surface area (Å²) in [7, 11) is 0. The van der Waals surface area contributed by atoms with Crippen LogP contribution in [0.5, 0.6) is 0 Å². The highest BCUT2D eigenvalue weighted by atomic mass is 35.5. The Labute approximate surface area is 138 Å². The molecule has 23 heavy (non-hydrogen) atoms. The van der Waals surface area contributed by atoms with Gasteiger partial charge in [0.2, 0.25) is 5.28 Å². The highest BCUT2D eigenvalue weighted by molar-refractivity contribution is 6.28. The average molecular weight is 330 g/mol. The second kappa shape index (κ2) is 6.26. The molecule has 0 radical (unpaired) electrons. The maximum atomic E-state index is 11.9. The average Bonchev–Trinajstić information content (AvgIpc) is 2.95. The van der Waals surface area contributed by atoms with Crippen molar-refractivity contribution in [2.45, 2.75) is 19.9 Å². The minimum Gasteiger partial charge on any atom is -0.350 e. The Morgan fingerprint density at radius 1 is 1.17 bits per heavy atom. The first kappa shape index (κ1) is 15.3. The van der Waals surface area contributed by atoms with Crippen molar-refractivity contribution in [3.05, 3.63) is 47.4 Å². The van der Waals surface area contributed by atoms with Crippen LogP contribution in [0.4, 0.5) is 11.5 Å². The monoisotopic (exact) mass is 329 g/mol. The van der Waals surface area contributed by atoms with Crippen molar-refractivity contribution in [2.24, 2.45) is 0 Å². The largest absolute Gasteiger partial charge is 0.350 e. The van der Waals surface area contributed by atoms with Crippen molar-refractivity contribution in [2.75, 3.05) is 5.32 Å². The molecule has 1 aromatic carbocycles. The molecule has 3 N–H and O–H groups in total. The quantitative estimate of drug-likeness (QED) is 0.640. The zero-order valence-electron chi connectivity index (χ0n) is 12.7. The van der Waals surface area contributed by atoms with Crippen LogP contribution in [0.3, 0.4) is 0 Å². The molecule has 6 nitrogen and oxygen atoms in total. The Bertz CT molecular complexity index is 841. The summed E-state index contributed by atoms with van der Waals surface area (Å²) >= 11 is 5.93. The lowest BCUT2D eigenvalue weighted by Gasteiger charge is -2.10. The predicted molar refractivity (Wildman–Crippen MR) is 91.2 cm³/mol. The number of aromatic nitrogens is 3. The fourth-order valence-electron chi connectivity index (χ4n) is 2.20. The highest BCUT2D eigenvalue weighted by Gasteiger charge is 2.09. The first-order valence-corrected chi connectivity index (χ1v) is 7.59. The number of hydrogen-bond acceptors (Lipinski definition) is 4. The number of benzene rings is 1. The van der Waals surface area contributed by atoms with Gasteiger partial charge in [-0.15, -0.1) is 0 Å². The molecule has 3 rings (SSSR count). The highest BCUT2D eigenvalue weighted by Crippen LogP contribution is 2.24. The van der Waals surface area contributed by atoms with Crippen LogP contribution in [0.15, 0.2) is 36.5 Å². The molecule has 3 aromatic rings. The van der Waals surface area contributed by atoms with Crippen LogP contribution in [0.1, 0.15) is 24.2 Å². The lowest BCUT2D eigenvalue weighted by atomic mass is 10.2. The summed E-state index contributed by atoms with van der Waals surface area (Å²) in [5.74, 6) is 0.519. The summed E-state index contributed by atoms with van der Waals surface area (Å²) in [6, 6.07) is 9.14. The minimum atomic E-state index is -0.0929. The van der Waals surface area contributed by atoms with E-state index < -0.39 is 0 Å². The van der Waals surface area contributed by atoms with Crippen molar-refractivity contribution in [1.82, 2.24) is 20.3 Å². The molecule has 0 aliphatic heterocycles. The summed E-state index contributed by atoms with van der Waals surface area (Å²) in [4.78, 5) is 23.3. The summed E-state index contributed by atoms with van der Waals surface area (Å²) in [6.07, 6.45) is 1.78. The number of aromatic amines is 1. The van der Waals surface area contributed by atoms with Crippen molar-refractivity contribution >= 4 is 40.0 Å². The number of hydrogen-bond donors (Lipinski definition) is 3. The summed E-state index contributed by atoms with van der Waals surface area (Å²) < 4.78 is 0. The lowest BCUT2D eigenvalue weighted by molar-refractivity contribution is 0.0943. The second-order valence-electron chi connectivity index (χ2n) is 5.41. The van der Waals surface area contributed by atoms with Gasteiger partial charge in [0.05, 0.1) is 5.39 Å². The number of nitrogens with one attached hydrogen (secondary N) is 3. The van der Waals surface area contributed by atoms with Crippen LogP contribution in [-0.2, 0) is 0 Å². The maximum absolute atomic E-state index is 11.9. The molecular formula is C16H16ClN5O. The molecule has 0 saturated carbocycles. The van der Waals surface area contributed by atoms with Gasteiger partial charge in [-0.25, -0.2) is 0 Å². The van der Waals surface area contributed by atoms with E-state index in [0.717, 1.165) is 11.1 Å². The Kier molecular flexibility index (Phi) is 4.16. The van der Waals surface area contributed by atoms with Gasteiger partial charge in [0.15, 0.2) is 0 Å². The zero-order valence-corrected chi connectivity index (χ0v) is 13.5. The number of fused-ring (bicyclic) bond motifs is 1. The number of rotatable bonds is 4. The van der Waals surface area contributed by atoms with Gasteiger partial charge in [0.1, 0.15) is 11.5 Å². The number of H-pyrrole nitrogens is 1. The van der Waals surface area contributed by atoms with Crippen LogP contribution in [0.2, 0.25) is 5.28 Å². The zero-order chi connectivity index (χ0) is 16.4. The van der Waals surface area contributed by atoms with Crippen molar-refractivity contribution in [3.8, 4) is 0 Å². The molecule has 118 valence electrons. The van der Waals surface area contributed by atoms with Crippen molar-refractivity contribution < 1.29 is 4.79 Å². The van der Waals surface area contributed by atoms with Crippen molar-refractivity contribution in [1.29, 1.82) is 0 Å². The van der Waals surface area contributed by atoms with Gasteiger partial charge in [-0.3, -0.25) is 4.79 Å². The van der Waals surface area contributed by atoms with Crippen LogP contribution in [-0.4, -0.2) is 26.9 Å². The van der Waals surface area contributed by atoms with Crippen LogP contribution >= 0.6 is 11.6 Å². The maximum Gasteiger partial charge on any atom is 0.251 e. The second-order valence-corrected chi connectivity index (χ2v) is 5.75. The molecular weight excluding hydrogens is 314 g/mol. The van der Waals surface area contributed by atoms with Gasteiger partial charge in [-0.2, -0.15) is 9.97 Å². The first-order valence-electron chi connectivity index (χ1n) is 7.21. The van der Waals surface area contributed by atoms with Crippen LogP contribution in [0.25, 0.3) is 11.0 Å². The van der Waals surface area contributed by atoms with E-state index in [0.29, 0.717) is 17.0 Å². The lowest BCUT2D eigenvalue weighted by Crippen LogP contribution is -2.29. The standard InChI is InChI=1S/C16H16ClN5O/c1-9(2)19-15(23)10-3-5-11(6-4-10)20-14-12-7-8-18-13(12)21-16(17)22-14/h3-9H,1-2H3,(H,19,23)(H2,18,20,21,22). The first-order chi connectivity index (χ1) is 11.0. The van der Waals surface area contributed by atoms with E-state index in [-0.39, 0.29) is 17.2 Å². The van der Waals surface area contributed by atoms with E-state index in [2.05, 4.69) is 25.6 Å². The Morgan fingerprint density at radius 2 is 1.91 bits per heavy atom. The van der Waals surface area contributed by atoms with Crippen LogP contribution < -0.4 is 10.6 Å². The normalized spacial score (nSPS) is 11.0. The molecule has 2 aromatic heterocycles. The topological polar surface area (TPSA) is 82.7 Å². The molecule has 1 amide bonds. The van der Waals surface area contributed by atoms with Gasteiger partial charge in [-0.05, 0) is 55.8 Å². The van der Waals surface area contributed by atoms with E-state index >= 15 is 0 Å². The van der Waals surface area contributed by atoms with E-state index in [4.69, 9.17) is 11.6 Å².